The standard InChI is InChI=1S/C37H51F2N7O4SSi2/c1-51(47,48)45-15-13-28(14-16-45)41-37-36-35(43-46(37)25-50-18-20-53(5,6)7)29-12-11-26(27-22-40-44(23-27)24-49-17-19-52(2,3)4)21-30(29)34(42-36)33-31(38)9-8-10-32(33)39/h8-12,21-23,28,41H,13-20,24-25H2,1-7H3. The number of halogens is 2. The first kappa shape index (κ1) is 39.2. The van der Waals surface area contributed by atoms with Crippen LogP contribution in [0.15, 0.2) is 48.8 Å². The molecule has 0 saturated carbocycles. The highest BCUT2D eigenvalue weighted by molar-refractivity contribution is 7.88. The molecule has 0 unspecified atom stereocenters. The van der Waals surface area contributed by atoms with Crippen LogP contribution in [-0.4, -0.2) is 92.0 Å². The van der Waals surface area contributed by atoms with E-state index in [0.29, 0.717) is 73.5 Å². The molecular weight excluding hydrogens is 733 g/mol. The van der Waals surface area contributed by atoms with E-state index in [1.807, 2.05) is 24.4 Å². The van der Waals surface area contributed by atoms with Crippen LogP contribution in [0.25, 0.3) is 44.2 Å². The molecule has 11 nitrogen and oxygen atoms in total. The zero-order chi connectivity index (χ0) is 38.1. The molecule has 1 N–H and O–H groups in total. The summed E-state index contributed by atoms with van der Waals surface area (Å²) in [6.45, 7) is 16.3. The lowest BCUT2D eigenvalue weighted by Crippen LogP contribution is -2.42. The molecule has 1 fully saturated rings. The Hall–Kier alpha value is -3.55. The Morgan fingerprint density at radius 3 is 2.13 bits per heavy atom. The summed E-state index contributed by atoms with van der Waals surface area (Å²) in [4.78, 5) is 4.99. The quantitative estimate of drug-likeness (QED) is 0.0844. The number of pyridine rings is 1. The number of rotatable bonds is 15. The van der Waals surface area contributed by atoms with Gasteiger partial charge in [0.05, 0.1) is 23.7 Å². The average molecular weight is 784 g/mol. The number of aromatic nitrogens is 5. The molecule has 1 saturated heterocycles. The molecule has 0 atom stereocenters. The largest absolute Gasteiger partial charge is 0.366 e. The van der Waals surface area contributed by atoms with E-state index in [1.54, 1.807) is 15.6 Å². The maximum atomic E-state index is 15.6. The summed E-state index contributed by atoms with van der Waals surface area (Å²) in [7, 11) is -5.88. The molecule has 0 amide bonds. The van der Waals surface area contributed by atoms with Crippen molar-refractivity contribution in [1.29, 1.82) is 0 Å². The zero-order valence-electron chi connectivity index (χ0n) is 31.7. The van der Waals surface area contributed by atoms with Crippen LogP contribution in [0.2, 0.25) is 51.4 Å². The van der Waals surface area contributed by atoms with Crippen molar-refractivity contribution in [3.8, 4) is 22.4 Å². The van der Waals surface area contributed by atoms with E-state index >= 15 is 8.78 Å². The van der Waals surface area contributed by atoms with Crippen LogP contribution in [0.1, 0.15) is 12.8 Å². The molecule has 53 heavy (non-hydrogen) atoms. The highest BCUT2D eigenvalue weighted by Crippen LogP contribution is 2.39. The Kier molecular flexibility index (Phi) is 11.6. The van der Waals surface area contributed by atoms with Crippen LogP contribution in [0, 0.1) is 11.6 Å². The van der Waals surface area contributed by atoms with Gasteiger partial charge in [-0.05, 0) is 48.7 Å². The molecule has 0 bridgehead atoms. The lowest BCUT2D eigenvalue weighted by Gasteiger charge is -2.31. The second-order valence-corrected chi connectivity index (χ2v) is 29.6. The Balaban J connectivity index is 1.42. The summed E-state index contributed by atoms with van der Waals surface area (Å²) >= 11 is 0. The van der Waals surface area contributed by atoms with E-state index in [1.165, 1.54) is 28.8 Å². The van der Waals surface area contributed by atoms with Crippen LogP contribution in [0.4, 0.5) is 14.6 Å². The Labute approximate surface area is 312 Å². The minimum atomic E-state index is -3.31. The van der Waals surface area contributed by atoms with Gasteiger partial charge in [-0.3, -0.25) is 0 Å². The van der Waals surface area contributed by atoms with E-state index in [4.69, 9.17) is 19.6 Å². The van der Waals surface area contributed by atoms with Crippen LogP contribution < -0.4 is 5.32 Å². The second kappa shape index (κ2) is 15.7. The molecule has 0 aliphatic carbocycles. The first-order valence-corrected chi connectivity index (χ1v) is 27.4. The first-order chi connectivity index (χ1) is 25.0. The molecule has 1 aliphatic rings. The third-order valence-electron chi connectivity index (χ3n) is 9.54. The van der Waals surface area contributed by atoms with E-state index in [9.17, 15) is 8.42 Å². The molecule has 4 heterocycles. The van der Waals surface area contributed by atoms with Gasteiger partial charge < -0.3 is 14.8 Å². The molecule has 1 aliphatic heterocycles. The van der Waals surface area contributed by atoms with Crippen molar-refractivity contribution in [3.05, 3.63) is 60.4 Å². The van der Waals surface area contributed by atoms with E-state index in [2.05, 4.69) is 49.7 Å². The molecule has 6 rings (SSSR count). The van der Waals surface area contributed by atoms with Crippen LogP contribution in [0.5, 0.6) is 0 Å². The van der Waals surface area contributed by atoms with Crippen LogP contribution in [0.3, 0.4) is 0 Å². The normalized spacial score (nSPS) is 15.2. The molecular formula is C37H51F2N7O4SSi2. The Bertz CT molecular complexity index is 2170. The van der Waals surface area contributed by atoms with Crippen LogP contribution >= 0.6 is 0 Å². The fourth-order valence-electron chi connectivity index (χ4n) is 6.36. The fourth-order valence-corrected chi connectivity index (χ4v) is 8.75. The van der Waals surface area contributed by atoms with Gasteiger partial charge in [-0.15, -0.1) is 0 Å². The highest BCUT2D eigenvalue weighted by Gasteiger charge is 2.28. The number of hydrogen-bond donors (Lipinski definition) is 1. The third kappa shape index (κ3) is 9.58. The lowest BCUT2D eigenvalue weighted by atomic mass is 9.98. The number of benzene rings is 2. The molecule has 0 radical (unpaired) electrons. The van der Waals surface area contributed by atoms with Crippen molar-refractivity contribution >= 4 is 53.8 Å². The number of sulfonamides is 1. The molecule has 3 aromatic heterocycles. The summed E-state index contributed by atoms with van der Waals surface area (Å²) in [6, 6.07) is 11.5. The van der Waals surface area contributed by atoms with Gasteiger partial charge in [0, 0.05) is 71.0 Å². The SMILES string of the molecule is C[Si](C)(C)CCOCn1cc(-c2ccc3c(c2)c(-c2c(F)cccc2F)nc2c(NC4CCN(S(C)(=O)=O)CC4)n(COCC[Si](C)(C)C)nc23)cn1. The number of hydrogen-bond acceptors (Lipinski definition) is 8. The van der Waals surface area contributed by atoms with E-state index in [0.717, 1.165) is 23.2 Å². The van der Waals surface area contributed by atoms with Gasteiger partial charge in [-0.25, -0.2) is 35.9 Å². The number of nitrogens with zero attached hydrogens (tertiary/aromatic N) is 6. The summed E-state index contributed by atoms with van der Waals surface area (Å²) in [5, 5.41) is 14.3. The number of fused-ring (bicyclic) bond motifs is 3. The Morgan fingerprint density at radius 2 is 1.51 bits per heavy atom. The maximum Gasteiger partial charge on any atom is 0.211 e. The van der Waals surface area contributed by atoms with Gasteiger partial charge in [0.2, 0.25) is 10.0 Å². The van der Waals surface area contributed by atoms with Gasteiger partial charge in [-0.2, -0.15) is 10.2 Å². The minimum absolute atomic E-state index is 0.0850. The molecule has 5 aromatic rings. The molecule has 0 spiro atoms. The highest BCUT2D eigenvalue weighted by atomic mass is 32.2. The van der Waals surface area contributed by atoms with Crippen molar-refractivity contribution < 1.29 is 26.7 Å². The second-order valence-electron chi connectivity index (χ2n) is 16.4. The molecule has 286 valence electrons. The van der Waals surface area contributed by atoms with Crippen molar-refractivity contribution in [2.24, 2.45) is 0 Å². The van der Waals surface area contributed by atoms with Gasteiger partial charge in [-0.1, -0.05) is 57.5 Å². The van der Waals surface area contributed by atoms with Gasteiger partial charge in [0.25, 0.3) is 0 Å². The van der Waals surface area contributed by atoms with Gasteiger partial charge >= 0.3 is 0 Å². The van der Waals surface area contributed by atoms with Gasteiger partial charge in [0.1, 0.15) is 36.1 Å². The first-order valence-electron chi connectivity index (χ1n) is 18.2. The number of nitrogens with one attached hydrogen (secondary N) is 1. The zero-order valence-corrected chi connectivity index (χ0v) is 34.6. The summed E-state index contributed by atoms with van der Waals surface area (Å²) < 4.78 is 72.6. The maximum absolute atomic E-state index is 15.6. The third-order valence-corrected chi connectivity index (χ3v) is 14.3. The van der Waals surface area contributed by atoms with E-state index in [-0.39, 0.29) is 24.0 Å². The predicted molar refractivity (Wildman–Crippen MR) is 213 cm³/mol. The summed E-state index contributed by atoms with van der Waals surface area (Å²) in [5.74, 6) is -0.890. The van der Waals surface area contributed by atoms with Crippen molar-refractivity contribution in [3.63, 3.8) is 0 Å². The Morgan fingerprint density at radius 1 is 0.868 bits per heavy atom. The van der Waals surface area contributed by atoms with Crippen molar-refractivity contribution in [2.75, 3.05) is 37.9 Å². The van der Waals surface area contributed by atoms with Crippen molar-refractivity contribution in [1.82, 2.24) is 28.9 Å². The fraction of sp³-hybridized carbons (Fsp3) is 0.486. The van der Waals surface area contributed by atoms with Gasteiger partial charge in [0.15, 0.2) is 5.82 Å². The number of piperidine rings is 1. The lowest BCUT2D eigenvalue weighted by molar-refractivity contribution is 0.0786. The van der Waals surface area contributed by atoms with Crippen molar-refractivity contribution in [2.45, 2.75) is 83.7 Å². The minimum Gasteiger partial charge on any atom is -0.366 e. The molecule has 16 heteroatoms. The summed E-state index contributed by atoms with van der Waals surface area (Å²) in [5.41, 5.74) is 2.56. The topological polar surface area (TPSA) is 116 Å². The predicted octanol–water partition coefficient (Wildman–Crippen LogP) is 7.85. The molecule has 2 aromatic carbocycles. The summed E-state index contributed by atoms with van der Waals surface area (Å²) in [6.07, 6.45) is 6.01. The number of ether oxygens (including phenoxy) is 2. The number of anilines is 1. The average Bonchev–Trinajstić information content (AvgIpc) is 3.69. The van der Waals surface area contributed by atoms with E-state index < -0.39 is 37.8 Å². The smallest absolute Gasteiger partial charge is 0.211 e. The monoisotopic (exact) mass is 783 g/mol. The van der Waals surface area contributed by atoms with Crippen LogP contribution in [-0.2, 0) is 33.0 Å².